The maximum atomic E-state index is 11.5. The van der Waals surface area contributed by atoms with E-state index in [1.54, 1.807) is 12.5 Å². The molecule has 0 amide bonds. The Bertz CT molecular complexity index is 556. The van der Waals surface area contributed by atoms with Crippen molar-refractivity contribution in [2.45, 2.75) is 31.7 Å². The quantitative estimate of drug-likeness (QED) is 0.896. The molecule has 2 fully saturated rings. The molecule has 1 aromatic heterocycles. The van der Waals surface area contributed by atoms with E-state index in [0.717, 1.165) is 51.1 Å². The fourth-order valence-corrected chi connectivity index (χ4v) is 4.92. The van der Waals surface area contributed by atoms with Crippen LogP contribution in [0.15, 0.2) is 18.6 Å². The second-order valence-corrected chi connectivity index (χ2v) is 8.71. The minimum atomic E-state index is -2.74. The zero-order valence-corrected chi connectivity index (χ0v) is 13.6. The lowest BCUT2D eigenvalue weighted by atomic mass is 9.99. The van der Waals surface area contributed by atoms with Crippen LogP contribution in [0.5, 0.6) is 0 Å². The molecular formula is C15H24N4O2S. The van der Waals surface area contributed by atoms with Gasteiger partial charge in [0.2, 0.25) is 0 Å². The summed E-state index contributed by atoms with van der Waals surface area (Å²) >= 11 is 0. The molecule has 7 heteroatoms. The number of hydrogen-bond donors (Lipinski definition) is 1. The number of likely N-dealkylation sites (tertiary alicyclic amines) is 1. The van der Waals surface area contributed by atoms with E-state index in [0.29, 0.717) is 23.5 Å². The molecule has 2 saturated heterocycles. The summed E-state index contributed by atoms with van der Waals surface area (Å²) in [6, 6.07) is 2.37. The van der Waals surface area contributed by atoms with Gasteiger partial charge in [0.25, 0.3) is 0 Å². The van der Waals surface area contributed by atoms with Gasteiger partial charge in [-0.15, -0.1) is 0 Å². The summed E-state index contributed by atoms with van der Waals surface area (Å²) in [5.74, 6) is 2.20. The molecule has 122 valence electrons. The van der Waals surface area contributed by atoms with E-state index in [-0.39, 0.29) is 0 Å². The van der Waals surface area contributed by atoms with Gasteiger partial charge < -0.3 is 10.2 Å². The molecule has 6 nitrogen and oxygen atoms in total. The van der Waals surface area contributed by atoms with Crippen LogP contribution in [0.25, 0.3) is 0 Å². The van der Waals surface area contributed by atoms with Crippen LogP contribution in [0, 0.1) is 5.92 Å². The van der Waals surface area contributed by atoms with Crippen LogP contribution in [0.4, 0.5) is 5.82 Å². The highest BCUT2D eigenvalue weighted by molar-refractivity contribution is 7.91. The molecule has 0 spiro atoms. The molecule has 0 atom stereocenters. The van der Waals surface area contributed by atoms with Gasteiger partial charge in [-0.05, 0) is 37.7 Å². The number of nitrogens with one attached hydrogen (secondary N) is 1. The summed E-state index contributed by atoms with van der Waals surface area (Å²) in [5.41, 5.74) is 0. The highest BCUT2D eigenvalue weighted by Gasteiger charge is 2.27. The molecule has 0 aromatic carbocycles. The summed E-state index contributed by atoms with van der Waals surface area (Å²) in [6.45, 7) is 3.20. The third-order valence-electron chi connectivity index (χ3n) is 4.71. The summed E-state index contributed by atoms with van der Waals surface area (Å²) in [7, 11) is -2.74. The summed E-state index contributed by atoms with van der Waals surface area (Å²) in [5, 5.41) is 3.46. The van der Waals surface area contributed by atoms with Gasteiger partial charge >= 0.3 is 0 Å². The average Bonchev–Trinajstić information content (AvgIpc) is 2.52. The molecule has 1 aromatic rings. The Morgan fingerprint density at radius 1 is 1.18 bits per heavy atom. The molecule has 2 aliphatic heterocycles. The van der Waals surface area contributed by atoms with Crippen molar-refractivity contribution in [3.63, 3.8) is 0 Å². The van der Waals surface area contributed by atoms with Crippen LogP contribution >= 0.6 is 0 Å². The van der Waals surface area contributed by atoms with Crippen molar-refractivity contribution < 1.29 is 8.42 Å². The Morgan fingerprint density at radius 2 is 1.91 bits per heavy atom. The van der Waals surface area contributed by atoms with Gasteiger partial charge in [-0.3, -0.25) is 0 Å². The average molecular weight is 324 g/mol. The zero-order valence-electron chi connectivity index (χ0n) is 12.8. The van der Waals surface area contributed by atoms with E-state index >= 15 is 0 Å². The normalized spacial score (nSPS) is 24.2. The van der Waals surface area contributed by atoms with Gasteiger partial charge in [-0.1, -0.05) is 0 Å². The Kier molecular flexibility index (Phi) is 4.93. The number of nitrogens with zero attached hydrogens (tertiary/aromatic N) is 3. The molecule has 0 aliphatic carbocycles. The first-order valence-electron chi connectivity index (χ1n) is 8.06. The zero-order chi connectivity index (χ0) is 15.4. The number of hydrogen-bond acceptors (Lipinski definition) is 6. The molecular weight excluding hydrogens is 300 g/mol. The number of piperidine rings is 1. The first kappa shape index (κ1) is 15.7. The van der Waals surface area contributed by atoms with Crippen LogP contribution in [-0.2, 0) is 9.84 Å². The molecule has 3 heterocycles. The summed E-state index contributed by atoms with van der Waals surface area (Å²) in [6.07, 6.45) is 7.20. The lowest BCUT2D eigenvalue weighted by molar-refractivity contribution is 0.182. The Morgan fingerprint density at radius 3 is 2.55 bits per heavy atom. The van der Waals surface area contributed by atoms with Crippen molar-refractivity contribution in [1.82, 2.24) is 14.9 Å². The van der Waals surface area contributed by atoms with Gasteiger partial charge in [0.1, 0.15) is 22.0 Å². The minimum absolute atomic E-state index is 0.378. The van der Waals surface area contributed by atoms with Crippen LogP contribution in [0.3, 0.4) is 0 Å². The maximum Gasteiger partial charge on any atom is 0.150 e. The van der Waals surface area contributed by atoms with Crippen LogP contribution in [0.2, 0.25) is 0 Å². The number of sulfone groups is 1. The van der Waals surface area contributed by atoms with Gasteiger partial charge in [-0.25, -0.2) is 18.4 Å². The topological polar surface area (TPSA) is 75.2 Å². The molecule has 22 heavy (non-hydrogen) atoms. The van der Waals surface area contributed by atoms with E-state index in [1.165, 1.54) is 0 Å². The van der Waals surface area contributed by atoms with Gasteiger partial charge in [0, 0.05) is 31.9 Å². The fourth-order valence-electron chi connectivity index (χ4n) is 3.33. The number of rotatable bonds is 4. The van der Waals surface area contributed by atoms with Crippen LogP contribution in [0.1, 0.15) is 25.7 Å². The van der Waals surface area contributed by atoms with E-state index in [1.807, 2.05) is 6.07 Å². The van der Waals surface area contributed by atoms with Crippen LogP contribution < -0.4 is 5.32 Å². The lowest BCUT2D eigenvalue weighted by Gasteiger charge is -2.35. The first-order valence-corrected chi connectivity index (χ1v) is 9.88. The molecule has 1 N–H and O–H groups in total. The van der Waals surface area contributed by atoms with E-state index in [9.17, 15) is 8.42 Å². The molecule has 0 radical (unpaired) electrons. The van der Waals surface area contributed by atoms with Gasteiger partial charge in [0.05, 0.1) is 11.5 Å². The number of aromatic nitrogens is 2. The predicted octanol–water partition coefficient (Wildman–Crippen LogP) is 1.18. The number of anilines is 1. The van der Waals surface area contributed by atoms with Crippen molar-refractivity contribution in [1.29, 1.82) is 0 Å². The highest BCUT2D eigenvalue weighted by Crippen LogP contribution is 2.22. The van der Waals surface area contributed by atoms with Crippen molar-refractivity contribution in [2.24, 2.45) is 5.92 Å². The van der Waals surface area contributed by atoms with Crippen LogP contribution in [-0.4, -0.2) is 60.5 Å². The smallest absolute Gasteiger partial charge is 0.150 e. The lowest BCUT2D eigenvalue weighted by Crippen LogP contribution is -2.42. The fraction of sp³-hybridized carbons (Fsp3) is 0.733. The Hall–Kier alpha value is -1.21. The standard InChI is InChI=1S/C15H24N4O2S/c20-22(21)9-4-13(5-10-22)11-19-7-2-14(3-8-19)18-15-1-6-16-12-17-15/h1,6,12-14H,2-5,7-11H2,(H,16,17,18). The third-order valence-corrected chi connectivity index (χ3v) is 6.43. The third kappa shape index (κ3) is 4.39. The summed E-state index contributed by atoms with van der Waals surface area (Å²) < 4.78 is 22.9. The second kappa shape index (κ2) is 6.91. The Labute approximate surface area is 132 Å². The van der Waals surface area contributed by atoms with E-state index < -0.39 is 9.84 Å². The molecule has 0 bridgehead atoms. The minimum Gasteiger partial charge on any atom is -0.367 e. The SMILES string of the molecule is O=S1(=O)CCC(CN2CCC(Nc3ccncn3)CC2)CC1. The van der Waals surface area contributed by atoms with Crippen molar-refractivity contribution in [3.8, 4) is 0 Å². The second-order valence-electron chi connectivity index (χ2n) is 6.41. The van der Waals surface area contributed by atoms with Crippen molar-refractivity contribution >= 4 is 15.7 Å². The Balaban J connectivity index is 1.40. The van der Waals surface area contributed by atoms with Gasteiger partial charge in [0.15, 0.2) is 0 Å². The van der Waals surface area contributed by atoms with E-state index in [4.69, 9.17) is 0 Å². The van der Waals surface area contributed by atoms with Gasteiger partial charge in [-0.2, -0.15) is 0 Å². The predicted molar refractivity (Wildman–Crippen MR) is 86.5 cm³/mol. The molecule has 2 aliphatic rings. The monoisotopic (exact) mass is 324 g/mol. The van der Waals surface area contributed by atoms with Crippen molar-refractivity contribution in [3.05, 3.63) is 18.6 Å². The molecule has 0 unspecified atom stereocenters. The first-order chi connectivity index (χ1) is 10.6. The van der Waals surface area contributed by atoms with Crippen molar-refractivity contribution in [2.75, 3.05) is 36.5 Å². The maximum absolute atomic E-state index is 11.5. The highest BCUT2D eigenvalue weighted by atomic mass is 32.2. The molecule has 3 rings (SSSR count). The van der Waals surface area contributed by atoms with E-state index in [2.05, 4.69) is 20.2 Å². The summed E-state index contributed by atoms with van der Waals surface area (Å²) in [4.78, 5) is 10.6. The largest absolute Gasteiger partial charge is 0.367 e. The molecule has 0 saturated carbocycles.